The first kappa shape index (κ1) is 23.6. The highest BCUT2D eigenvalue weighted by Crippen LogP contribution is 2.35. The topological polar surface area (TPSA) is 69.7 Å². The van der Waals surface area contributed by atoms with Gasteiger partial charge in [-0.15, -0.1) is 11.3 Å². The van der Waals surface area contributed by atoms with Gasteiger partial charge in [-0.25, -0.2) is 9.78 Å². The molecule has 2 aromatic carbocycles. The monoisotopic (exact) mass is 491 g/mol. The van der Waals surface area contributed by atoms with Gasteiger partial charge in [0.2, 0.25) is 0 Å². The predicted octanol–water partition coefficient (Wildman–Crippen LogP) is 4.52. The highest BCUT2D eigenvalue weighted by Gasteiger charge is 2.33. The van der Waals surface area contributed by atoms with Crippen molar-refractivity contribution >= 4 is 28.2 Å². The van der Waals surface area contributed by atoms with Crippen LogP contribution >= 0.6 is 11.3 Å². The first-order valence-electron chi connectivity index (χ1n) is 12.2. The molecule has 0 bridgehead atoms. The Morgan fingerprint density at radius 1 is 1.09 bits per heavy atom. The van der Waals surface area contributed by atoms with Crippen LogP contribution in [-0.4, -0.2) is 62.3 Å². The molecule has 2 aliphatic rings. The summed E-state index contributed by atoms with van der Waals surface area (Å²) in [5, 5.41) is 9.05. The minimum Gasteiger partial charge on any atom is -0.497 e. The Hall–Kier alpha value is -3.10. The molecule has 0 saturated carbocycles. The molecule has 0 spiro atoms. The van der Waals surface area contributed by atoms with Gasteiger partial charge in [0, 0.05) is 61.7 Å². The quantitative estimate of drug-likeness (QED) is 0.531. The van der Waals surface area contributed by atoms with Crippen molar-refractivity contribution in [1.29, 1.82) is 0 Å². The van der Waals surface area contributed by atoms with Crippen molar-refractivity contribution in [3.8, 4) is 5.75 Å². The van der Waals surface area contributed by atoms with E-state index in [1.54, 1.807) is 7.11 Å². The van der Waals surface area contributed by atoms with Gasteiger partial charge in [-0.1, -0.05) is 38.1 Å². The molecular weight excluding hydrogens is 458 g/mol. The molecule has 3 heterocycles. The molecule has 8 heteroatoms. The molecule has 35 heavy (non-hydrogen) atoms. The lowest BCUT2D eigenvalue weighted by molar-refractivity contribution is 0.164. The van der Waals surface area contributed by atoms with Gasteiger partial charge in [0.15, 0.2) is 5.13 Å². The second kappa shape index (κ2) is 9.87. The van der Waals surface area contributed by atoms with Crippen molar-refractivity contribution < 1.29 is 9.53 Å². The zero-order valence-corrected chi connectivity index (χ0v) is 21.4. The Labute approximate surface area is 211 Å². The Morgan fingerprint density at radius 2 is 1.77 bits per heavy atom. The maximum atomic E-state index is 12.8. The molecule has 5 rings (SSSR count). The van der Waals surface area contributed by atoms with Crippen LogP contribution in [0.15, 0.2) is 53.9 Å². The van der Waals surface area contributed by atoms with Crippen LogP contribution in [0.3, 0.4) is 0 Å². The van der Waals surface area contributed by atoms with E-state index in [1.165, 1.54) is 22.6 Å². The lowest BCUT2D eigenvalue weighted by atomic mass is 9.82. The number of carbonyl (C=O) groups is 1. The van der Waals surface area contributed by atoms with E-state index in [1.807, 2.05) is 22.4 Å². The van der Waals surface area contributed by atoms with Crippen molar-refractivity contribution in [2.24, 2.45) is 0 Å². The van der Waals surface area contributed by atoms with Gasteiger partial charge in [0.25, 0.3) is 0 Å². The number of methoxy groups -OCH3 is 1. The number of likely N-dealkylation sites (tertiary alicyclic amines) is 1. The number of ether oxygens (including phenoxy) is 1. The number of hydrogen-bond donors (Lipinski definition) is 2. The van der Waals surface area contributed by atoms with Crippen LogP contribution in [0.5, 0.6) is 5.75 Å². The van der Waals surface area contributed by atoms with E-state index in [9.17, 15) is 4.79 Å². The molecule has 1 aromatic heterocycles. The van der Waals surface area contributed by atoms with Gasteiger partial charge in [0.1, 0.15) is 5.75 Å². The normalized spacial score (nSPS) is 16.7. The van der Waals surface area contributed by atoms with Crippen LogP contribution in [0.2, 0.25) is 0 Å². The van der Waals surface area contributed by atoms with Crippen molar-refractivity contribution in [3.05, 3.63) is 70.7 Å². The molecule has 2 fully saturated rings. The predicted molar refractivity (Wildman–Crippen MR) is 142 cm³/mol. The Kier molecular flexibility index (Phi) is 6.67. The number of piperazine rings is 1. The van der Waals surface area contributed by atoms with E-state index < -0.39 is 0 Å². The van der Waals surface area contributed by atoms with Crippen LogP contribution in [0.25, 0.3) is 0 Å². The molecule has 3 aromatic rings. The average Bonchev–Trinajstić information content (AvgIpc) is 3.33. The largest absolute Gasteiger partial charge is 0.497 e. The second-order valence-corrected chi connectivity index (χ2v) is 10.6. The number of nitrogens with zero attached hydrogens (tertiary/aromatic N) is 3. The fraction of sp³-hybridized carbons (Fsp3) is 0.407. The number of aromatic nitrogens is 1. The fourth-order valence-electron chi connectivity index (χ4n) is 4.68. The van der Waals surface area contributed by atoms with Gasteiger partial charge in [-0.05, 0) is 35.4 Å². The minimum absolute atomic E-state index is 0.0816. The number of nitrogens with one attached hydrogen (secondary N) is 2. The summed E-state index contributed by atoms with van der Waals surface area (Å²) >= 11 is 1.47. The number of urea groups is 1. The SMILES string of the molecule is COc1ccc(C(C)(C)c2csc(NC(=O)N3CC(c4ccc(N5CCNCC5)cc4)C3)n2)cc1. The van der Waals surface area contributed by atoms with Crippen LogP contribution < -0.4 is 20.3 Å². The molecule has 0 aliphatic carbocycles. The van der Waals surface area contributed by atoms with E-state index in [0.29, 0.717) is 11.0 Å². The van der Waals surface area contributed by atoms with Crippen molar-refractivity contribution in [1.82, 2.24) is 15.2 Å². The van der Waals surface area contributed by atoms with E-state index in [2.05, 4.69) is 65.8 Å². The fourth-order valence-corrected chi connectivity index (χ4v) is 5.55. The van der Waals surface area contributed by atoms with Crippen molar-refractivity contribution in [2.45, 2.75) is 25.2 Å². The maximum absolute atomic E-state index is 12.8. The van der Waals surface area contributed by atoms with Gasteiger partial charge in [-0.2, -0.15) is 0 Å². The zero-order valence-electron chi connectivity index (χ0n) is 20.6. The Morgan fingerprint density at radius 3 is 2.43 bits per heavy atom. The van der Waals surface area contributed by atoms with E-state index in [0.717, 1.165) is 56.3 Å². The summed E-state index contributed by atoms with van der Waals surface area (Å²) in [5.74, 6) is 1.22. The molecule has 0 unspecified atom stereocenters. The molecular formula is C27H33N5O2S. The number of carbonyl (C=O) groups excluding carboxylic acids is 1. The van der Waals surface area contributed by atoms with Crippen LogP contribution in [0.1, 0.15) is 36.6 Å². The zero-order chi connectivity index (χ0) is 24.4. The summed E-state index contributed by atoms with van der Waals surface area (Å²) in [6, 6.07) is 16.8. The first-order chi connectivity index (χ1) is 16.9. The third-order valence-corrected chi connectivity index (χ3v) is 7.94. The molecule has 184 valence electrons. The molecule has 2 amide bonds. The highest BCUT2D eigenvalue weighted by atomic mass is 32.1. The van der Waals surface area contributed by atoms with Crippen LogP contribution in [-0.2, 0) is 5.41 Å². The van der Waals surface area contributed by atoms with Gasteiger partial charge in [0.05, 0.1) is 12.8 Å². The number of rotatable bonds is 6. The van der Waals surface area contributed by atoms with Crippen molar-refractivity contribution in [3.63, 3.8) is 0 Å². The number of anilines is 2. The minimum atomic E-state index is -0.273. The van der Waals surface area contributed by atoms with Crippen LogP contribution in [0, 0.1) is 0 Å². The summed E-state index contributed by atoms with van der Waals surface area (Å²) in [7, 11) is 1.67. The van der Waals surface area contributed by atoms with E-state index in [-0.39, 0.29) is 11.4 Å². The molecule has 2 aliphatic heterocycles. The number of amides is 2. The summed E-state index contributed by atoms with van der Waals surface area (Å²) in [6.07, 6.45) is 0. The summed E-state index contributed by atoms with van der Waals surface area (Å²) in [6.45, 7) is 9.91. The lowest BCUT2D eigenvalue weighted by Crippen LogP contribution is -2.50. The molecule has 2 saturated heterocycles. The number of thiazole rings is 1. The Balaban J connectivity index is 1.15. The summed E-state index contributed by atoms with van der Waals surface area (Å²) in [5.41, 5.74) is 4.39. The van der Waals surface area contributed by atoms with Gasteiger partial charge in [-0.3, -0.25) is 5.32 Å². The average molecular weight is 492 g/mol. The smallest absolute Gasteiger partial charge is 0.323 e. The number of hydrogen-bond acceptors (Lipinski definition) is 6. The molecule has 2 N–H and O–H groups in total. The summed E-state index contributed by atoms with van der Waals surface area (Å²) in [4.78, 5) is 21.8. The third kappa shape index (κ3) is 4.99. The van der Waals surface area contributed by atoms with Gasteiger partial charge >= 0.3 is 6.03 Å². The van der Waals surface area contributed by atoms with Crippen molar-refractivity contribution in [2.75, 3.05) is 56.6 Å². The molecule has 0 atom stereocenters. The molecule has 7 nitrogen and oxygen atoms in total. The standard InChI is InChI=1S/C27H33N5O2S/c1-27(2,21-6-10-23(34-3)11-7-21)24-18-35-25(29-24)30-26(33)32-16-20(17-32)19-4-8-22(9-5-19)31-14-12-28-13-15-31/h4-11,18,20,28H,12-17H2,1-3H3,(H,29,30,33). The summed E-state index contributed by atoms with van der Waals surface area (Å²) < 4.78 is 5.27. The third-order valence-electron chi connectivity index (χ3n) is 7.19. The second-order valence-electron chi connectivity index (χ2n) is 9.75. The van der Waals surface area contributed by atoms with E-state index >= 15 is 0 Å². The van der Waals surface area contributed by atoms with Crippen LogP contribution in [0.4, 0.5) is 15.6 Å². The van der Waals surface area contributed by atoms with Gasteiger partial charge < -0.3 is 19.9 Å². The molecule has 0 radical (unpaired) electrons. The number of benzene rings is 2. The maximum Gasteiger partial charge on any atom is 0.323 e. The Bertz CT molecular complexity index is 1150. The lowest BCUT2D eigenvalue weighted by Gasteiger charge is -2.39. The highest BCUT2D eigenvalue weighted by molar-refractivity contribution is 7.13. The first-order valence-corrected chi connectivity index (χ1v) is 13.0. The van der Waals surface area contributed by atoms with E-state index in [4.69, 9.17) is 9.72 Å².